The van der Waals surface area contributed by atoms with E-state index in [1.807, 2.05) is 35.2 Å². The summed E-state index contributed by atoms with van der Waals surface area (Å²) < 4.78 is 24.7. The highest BCUT2D eigenvalue weighted by molar-refractivity contribution is 6.06. The van der Waals surface area contributed by atoms with E-state index in [2.05, 4.69) is 20.5 Å². The van der Waals surface area contributed by atoms with Crippen LogP contribution in [0.25, 0.3) is 17.1 Å². The van der Waals surface area contributed by atoms with Crippen molar-refractivity contribution < 1.29 is 13.9 Å². The number of carbonyl (C=O) groups is 1. The highest BCUT2D eigenvalue weighted by atomic mass is 19.1. The Balaban J connectivity index is 0.00000253. The molecule has 1 aliphatic heterocycles. The molecule has 0 bridgehead atoms. The number of amides is 1. The maximum atomic E-state index is 14.9. The molecule has 1 amide bonds. The van der Waals surface area contributed by atoms with E-state index in [1.54, 1.807) is 30.9 Å². The van der Waals surface area contributed by atoms with E-state index in [4.69, 9.17) is 4.74 Å². The van der Waals surface area contributed by atoms with Gasteiger partial charge >= 0.3 is 0 Å². The van der Waals surface area contributed by atoms with Crippen LogP contribution < -0.4 is 10.1 Å². The minimum absolute atomic E-state index is 0. The summed E-state index contributed by atoms with van der Waals surface area (Å²) in [6.07, 6.45) is 7.63. The Morgan fingerprint density at radius 1 is 1.23 bits per heavy atom. The number of anilines is 1. The highest BCUT2D eigenvalue weighted by Gasteiger charge is 2.27. The second-order valence-corrected chi connectivity index (χ2v) is 8.96. The zero-order chi connectivity index (χ0) is 23.4. The topological polar surface area (TPSA) is 86.9 Å². The Hall–Kier alpha value is -4.01. The van der Waals surface area contributed by atoms with Gasteiger partial charge in [0.25, 0.3) is 5.91 Å². The van der Waals surface area contributed by atoms with Crippen molar-refractivity contribution >= 4 is 11.6 Å². The molecule has 2 aromatic heterocycles. The van der Waals surface area contributed by atoms with Gasteiger partial charge in [-0.15, -0.1) is 10.2 Å². The number of hydrogen-bond acceptors (Lipinski definition) is 5. The third kappa shape index (κ3) is 3.96. The van der Waals surface area contributed by atoms with Crippen LogP contribution in [-0.4, -0.2) is 36.8 Å². The lowest BCUT2D eigenvalue weighted by molar-refractivity contribution is 0.102. The van der Waals surface area contributed by atoms with Crippen molar-refractivity contribution in [2.45, 2.75) is 46.1 Å². The van der Waals surface area contributed by atoms with E-state index >= 15 is 0 Å². The molecule has 2 aromatic carbocycles. The van der Waals surface area contributed by atoms with Gasteiger partial charge in [-0.2, -0.15) is 0 Å². The lowest BCUT2D eigenvalue weighted by Crippen LogP contribution is -2.16. The van der Waals surface area contributed by atoms with Crippen LogP contribution in [0.3, 0.4) is 0 Å². The minimum Gasteiger partial charge on any atom is -0.488 e. The number of rotatable bonds is 4. The number of nitrogens with zero attached hydrogens (tertiary/aromatic N) is 5. The number of para-hydroxylation sites is 1. The number of aromatic nitrogens is 5. The third-order valence-electron chi connectivity index (χ3n) is 6.43. The second kappa shape index (κ2) is 8.65. The summed E-state index contributed by atoms with van der Waals surface area (Å²) in [5.41, 5.74) is 3.59. The lowest BCUT2D eigenvalue weighted by Gasteiger charge is -2.15. The summed E-state index contributed by atoms with van der Waals surface area (Å²) >= 11 is 0. The summed E-state index contributed by atoms with van der Waals surface area (Å²) in [5, 5.41) is 11.1. The van der Waals surface area contributed by atoms with Gasteiger partial charge in [-0.25, -0.2) is 9.37 Å². The summed E-state index contributed by atoms with van der Waals surface area (Å²) in [5.74, 6) is 0.513. The number of carbonyl (C=O) groups excluding carboxylic acids is 1. The van der Waals surface area contributed by atoms with Gasteiger partial charge in [-0.1, -0.05) is 13.5 Å². The maximum absolute atomic E-state index is 14.9. The van der Waals surface area contributed by atoms with E-state index in [1.165, 1.54) is 6.07 Å². The molecule has 1 fully saturated rings. The van der Waals surface area contributed by atoms with Gasteiger partial charge < -0.3 is 19.2 Å². The molecule has 0 saturated heterocycles. The summed E-state index contributed by atoms with van der Waals surface area (Å²) in [6.45, 7) is 4.21. The molecule has 2 aliphatic rings. The Bertz CT molecular complexity index is 1420. The molecule has 0 spiro atoms. The van der Waals surface area contributed by atoms with Gasteiger partial charge in [-0.3, -0.25) is 4.79 Å². The average molecular weight is 475 g/mol. The molecule has 6 rings (SSSR count). The van der Waals surface area contributed by atoms with Gasteiger partial charge in [0.1, 0.15) is 18.8 Å². The largest absolute Gasteiger partial charge is 0.488 e. The molecule has 4 aromatic rings. The molecule has 180 valence electrons. The Kier molecular flexibility index (Phi) is 5.62. The summed E-state index contributed by atoms with van der Waals surface area (Å²) in [7, 11) is 0. The lowest BCUT2D eigenvalue weighted by atomic mass is 10.1. The average Bonchev–Trinajstić information content (AvgIpc) is 3.38. The predicted octanol–water partition coefficient (Wildman–Crippen LogP) is 5.30. The first-order valence-electron chi connectivity index (χ1n) is 11.3. The molecule has 0 radical (unpaired) electrons. The SMILES string of the molecule is C.Cc1cc(F)c(C(=O)Nc2cccc3c2OC[C@@H](C)n2cnnc2-3)cc1-n1cnc(C2CC2)c1. The van der Waals surface area contributed by atoms with Crippen molar-refractivity contribution in [3.63, 3.8) is 0 Å². The number of fused-ring (bicyclic) bond motifs is 3. The monoisotopic (exact) mass is 474 g/mol. The molecule has 35 heavy (non-hydrogen) atoms. The van der Waals surface area contributed by atoms with Crippen LogP contribution in [0, 0.1) is 12.7 Å². The molecule has 1 atom stereocenters. The van der Waals surface area contributed by atoms with Crippen molar-refractivity contribution in [1.29, 1.82) is 0 Å². The fourth-order valence-corrected chi connectivity index (χ4v) is 4.37. The fraction of sp³-hybridized carbons (Fsp3) is 0.308. The standard InChI is InChI=1S/C25H23FN6O2.CH4/c1-14-8-19(26)18(9-22(14)31-10-21(27-12-31)16-6-7-16)25(33)29-20-5-3-4-17-23(20)34-11-15(2)32-13-28-30-24(17)32;/h3-5,8-10,12-13,15-16H,6-7,11H2,1-2H3,(H,29,33);1H4/t15-;/m1./s1. The molecule has 8 nitrogen and oxygen atoms in total. The number of hydrogen-bond donors (Lipinski definition) is 1. The molecule has 9 heteroatoms. The van der Waals surface area contributed by atoms with Gasteiger partial charge in [-0.05, 0) is 56.5 Å². The molecular formula is C26H27FN6O2. The van der Waals surface area contributed by atoms with Crippen LogP contribution >= 0.6 is 0 Å². The molecule has 1 aliphatic carbocycles. The van der Waals surface area contributed by atoms with Crippen molar-refractivity contribution in [1.82, 2.24) is 24.3 Å². The zero-order valence-electron chi connectivity index (χ0n) is 18.8. The smallest absolute Gasteiger partial charge is 0.258 e. The normalized spacial score (nSPS) is 16.4. The van der Waals surface area contributed by atoms with Crippen LogP contribution in [-0.2, 0) is 0 Å². The quantitative estimate of drug-likeness (QED) is 0.434. The predicted molar refractivity (Wildman–Crippen MR) is 131 cm³/mol. The second-order valence-electron chi connectivity index (χ2n) is 8.96. The number of imidazole rings is 1. The van der Waals surface area contributed by atoms with E-state index in [0.29, 0.717) is 29.8 Å². The Labute approximate surface area is 202 Å². The summed E-state index contributed by atoms with van der Waals surface area (Å²) in [6, 6.07) is 8.37. The van der Waals surface area contributed by atoms with Crippen LogP contribution in [0.5, 0.6) is 5.75 Å². The molecule has 3 heterocycles. The maximum Gasteiger partial charge on any atom is 0.258 e. The number of benzene rings is 2. The van der Waals surface area contributed by atoms with Gasteiger partial charge in [0, 0.05) is 12.1 Å². The van der Waals surface area contributed by atoms with Crippen molar-refractivity contribution in [3.05, 3.63) is 71.8 Å². The third-order valence-corrected chi connectivity index (χ3v) is 6.43. The molecular weight excluding hydrogens is 447 g/mol. The van der Waals surface area contributed by atoms with Gasteiger partial charge in [0.15, 0.2) is 11.6 Å². The van der Waals surface area contributed by atoms with Crippen molar-refractivity contribution in [2.24, 2.45) is 0 Å². The first-order chi connectivity index (χ1) is 16.5. The van der Waals surface area contributed by atoms with Crippen LogP contribution in [0.15, 0.2) is 49.2 Å². The number of ether oxygens (including phenoxy) is 1. The fourth-order valence-electron chi connectivity index (χ4n) is 4.37. The van der Waals surface area contributed by atoms with Crippen molar-refractivity contribution in [3.8, 4) is 22.8 Å². The minimum atomic E-state index is -0.586. The first kappa shape index (κ1) is 22.8. The van der Waals surface area contributed by atoms with E-state index in [9.17, 15) is 9.18 Å². The molecule has 1 saturated carbocycles. The van der Waals surface area contributed by atoms with E-state index < -0.39 is 11.7 Å². The van der Waals surface area contributed by atoms with Crippen molar-refractivity contribution in [2.75, 3.05) is 11.9 Å². The van der Waals surface area contributed by atoms with Gasteiger partial charge in [0.05, 0.1) is 40.6 Å². The Morgan fingerprint density at radius 2 is 2.06 bits per heavy atom. The van der Waals surface area contributed by atoms with E-state index in [-0.39, 0.29) is 19.0 Å². The number of nitrogens with one attached hydrogen (secondary N) is 1. The van der Waals surface area contributed by atoms with Crippen LogP contribution in [0.4, 0.5) is 10.1 Å². The number of halogens is 1. The first-order valence-corrected chi connectivity index (χ1v) is 11.3. The molecule has 0 unspecified atom stereocenters. The molecule has 1 N–H and O–H groups in total. The van der Waals surface area contributed by atoms with E-state index in [0.717, 1.165) is 35.3 Å². The highest BCUT2D eigenvalue weighted by Crippen LogP contribution is 2.40. The van der Waals surface area contributed by atoms with Gasteiger partial charge in [0.2, 0.25) is 0 Å². The van der Waals surface area contributed by atoms with Crippen LogP contribution in [0.1, 0.15) is 60.8 Å². The van der Waals surface area contributed by atoms with Crippen LogP contribution in [0.2, 0.25) is 0 Å². The summed E-state index contributed by atoms with van der Waals surface area (Å²) in [4.78, 5) is 17.7. The number of aryl methyl sites for hydroxylation is 1. The Morgan fingerprint density at radius 3 is 2.86 bits per heavy atom. The zero-order valence-corrected chi connectivity index (χ0v) is 18.8.